The van der Waals surface area contributed by atoms with E-state index in [1.807, 2.05) is 47.6 Å². The minimum absolute atomic E-state index is 0.168. The third kappa shape index (κ3) is 15.9. The Morgan fingerprint density at radius 2 is 1.16 bits per heavy atom. The van der Waals surface area contributed by atoms with Gasteiger partial charge in [-0.3, -0.25) is 0 Å². The number of ether oxygens (including phenoxy) is 6. The van der Waals surface area contributed by atoms with Crippen LogP contribution in [0.5, 0.6) is 0 Å². The van der Waals surface area contributed by atoms with Gasteiger partial charge in [-0.25, -0.2) is 23.7 Å². The Labute approximate surface area is 362 Å². The van der Waals surface area contributed by atoms with Crippen LogP contribution < -0.4 is 0 Å². The highest BCUT2D eigenvalue weighted by molar-refractivity contribution is 9.10. The fourth-order valence-corrected chi connectivity index (χ4v) is 7.74. The van der Waals surface area contributed by atoms with E-state index in [-0.39, 0.29) is 39.4 Å². The summed E-state index contributed by atoms with van der Waals surface area (Å²) < 4.78 is 38.1. The van der Waals surface area contributed by atoms with Crippen molar-refractivity contribution in [3.05, 3.63) is 32.7 Å². The summed E-state index contributed by atoms with van der Waals surface area (Å²) in [5.41, 5.74) is -2.08. The molecule has 0 unspecified atom stereocenters. The van der Waals surface area contributed by atoms with Gasteiger partial charge in [0.25, 0.3) is 0 Å². The van der Waals surface area contributed by atoms with Crippen molar-refractivity contribution in [2.75, 3.05) is 52.6 Å². The Hall–Kier alpha value is -2.34. The monoisotopic (exact) mass is 980 g/mol. The van der Waals surface area contributed by atoms with Crippen LogP contribution in [0.25, 0.3) is 0 Å². The molecule has 2 fully saturated rings. The number of esters is 1. The lowest BCUT2D eigenvalue weighted by atomic mass is 9.90. The second-order valence-electron chi connectivity index (χ2n) is 19.2. The molecule has 4 rings (SSSR count). The molecule has 2 saturated heterocycles. The zero-order valence-corrected chi connectivity index (χ0v) is 41.9. The largest absolute Gasteiger partial charge is 0.464 e. The molecule has 2 aliphatic rings. The molecule has 0 aliphatic carbocycles. The van der Waals surface area contributed by atoms with Crippen LogP contribution in [0.2, 0.25) is 51.4 Å². The zero-order valence-electron chi connectivity index (χ0n) is 36.7. The molecular formula is C38H66Br2N6O10Si2. The molecule has 4 heterocycles. The van der Waals surface area contributed by atoms with Gasteiger partial charge in [-0.15, -0.1) is 0 Å². The summed E-state index contributed by atoms with van der Waals surface area (Å²) in [6.07, 6.45) is -0.851. The van der Waals surface area contributed by atoms with E-state index in [4.69, 9.17) is 28.4 Å². The molecule has 2 aromatic rings. The normalized spacial score (nSPS) is 16.5. The number of halogens is 2. The molecule has 0 spiro atoms. The van der Waals surface area contributed by atoms with E-state index < -0.39 is 56.7 Å². The third-order valence-electron chi connectivity index (χ3n) is 8.70. The lowest BCUT2D eigenvalue weighted by molar-refractivity contribution is -0.175. The number of β-amino-alcohol motifs (C(OH)–C–C–N with tert-alkyl or cyclic N) is 1. The van der Waals surface area contributed by atoms with E-state index in [0.29, 0.717) is 38.1 Å². The molecule has 0 saturated carbocycles. The molecule has 20 heteroatoms. The van der Waals surface area contributed by atoms with Crippen LogP contribution in [-0.2, 0) is 57.9 Å². The van der Waals surface area contributed by atoms with Crippen molar-refractivity contribution < 1.29 is 47.9 Å². The van der Waals surface area contributed by atoms with Crippen molar-refractivity contribution in [2.24, 2.45) is 0 Å². The van der Waals surface area contributed by atoms with Crippen molar-refractivity contribution in [3.8, 4) is 0 Å². The number of aromatic nitrogens is 4. The van der Waals surface area contributed by atoms with E-state index in [9.17, 15) is 19.5 Å². The first-order valence-corrected chi connectivity index (χ1v) is 28.6. The number of carbonyl (C=O) groups excluding carboxylic acids is 3. The molecule has 16 nitrogen and oxygen atoms in total. The predicted octanol–water partition coefficient (Wildman–Crippen LogP) is 7.38. The van der Waals surface area contributed by atoms with Gasteiger partial charge in [-0.05, 0) is 105 Å². The van der Waals surface area contributed by atoms with Crippen molar-refractivity contribution in [3.63, 3.8) is 0 Å². The highest BCUT2D eigenvalue weighted by Gasteiger charge is 2.52. The van der Waals surface area contributed by atoms with Crippen LogP contribution in [0.1, 0.15) is 59.9 Å². The van der Waals surface area contributed by atoms with Crippen molar-refractivity contribution in [1.82, 2.24) is 29.4 Å². The van der Waals surface area contributed by atoms with Gasteiger partial charge in [0, 0.05) is 29.4 Å². The Balaban J connectivity index is 0.000000317. The van der Waals surface area contributed by atoms with E-state index in [1.165, 1.54) is 9.80 Å². The number of hydrogen-bond donors (Lipinski definition) is 1. The van der Waals surface area contributed by atoms with Crippen molar-refractivity contribution >= 4 is 66.2 Å². The smallest absolute Gasteiger partial charge is 0.410 e. The van der Waals surface area contributed by atoms with Crippen LogP contribution in [0, 0.1) is 0 Å². The van der Waals surface area contributed by atoms with Gasteiger partial charge in [-0.1, -0.05) is 39.3 Å². The van der Waals surface area contributed by atoms with Crippen LogP contribution in [0.15, 0.2) is 21.3 Å². The molecule has 0 atom stereocenters. The molecular weight excluding hydrogens is 916 g/mol. The third-order valence-corrected chi connectivity index (χ3v) is 13.4. The topological polar surface area (TPSA) is 169 Å². The number of carbonyl (C=O) groups is 3. The highest BCUT2D eigenvalue weighted by Crippen LogP contribution is 2.38. The van der Waals surface area contributed by atoms with Crippen molar-refractivity contribution in [2.45, 2.75) is 136 Å². The SMILES string of the molecule is CC(C)(C)OC(=O)N1CC(O)(c2cc(Br)n(COCC[Si](C)(C)C)n2)C1.CCOC(=O)COC1(c2cc(Br)n(COCC[Si](C)(C)C)n2)CN(C(=O)OC(C)(C)C)C1. The van der Waals surface area contributed by atoms with Crippen LogP contribution in [-0.4, -0.2) is 133 Å². The minimum Gasteiger partial charge on any atom is -0.464 e. The molecule has 330 valence electrons. The lowest BCUT2D eigenvalue weighted by Gasteiger charge is -2.48. The Kier molecular flexibility index (Phi) is 17.3. The average Bonchev–Trinajstić information content (AvgIpc) is 3.59. The summed E-state index contributed by atoms with van der Waals surface area (Å²) in [5, 5.41) is 19.8. The molecule has 2 aliphatic heterocycles. The molecule has 0 radical (unpaired) electrons. The molecule has 0 bridgehead atoms. The van der Waals surface area contributed by atoms with Crippen LogP contribution in [0.4, 0.5) is 9.59 Å². The number of nitrogens with zero attached hydrogens (tertiary/aromatic N) is 6. The minimum atomic E-state index is -1.17. The summed E-state index contributed by atoms with van der Waals surface area (Å²) in [6, 6.07) is 5.76. The van der Waals surface area contributed by atoms with Crippen molar-refractivity contribution in [1.29, 1.82) is 0 Å². The maximum Gasteiger partial charge on any atom is 0.410 e. The van der Waals surface area contributed by atoms with Gasteiger partial charge in [0.2, 0.25) is 0 Å². The molecule has 2 amide bonds. The van der Waals surface area contributed by atoms with E-state index in [2.05, 4.69) is 81.3 Å². The number of hydrogen-bond acceptors (Lipinski definition) is 12. The van der Waals surface area contributed by atoms with Gasteiger partial charge in [-0.2, -0.15) is 10.2 Å². The zero-order chi connectivity index (χ0) is 43.9. The highest BCUT2D eigenvalue weighted by atomic mass is 79.9. The summed E-state index contributed by atoms with van der Waals surface area (Å²) in [5.74, 6) is -0.462. The predicted molar refractivity (Wildman–Crippen MR) is 232 cm³/mol. The molecule has 1 N–H and O–H groups in total. The lowest BCUT2D eigenvalue weighted by Crippen LogP contribution is -2.63. The molecule has 58 heavy (non-hydrogen) atoms. The van der Waals surface area contributed by atoms with Gasteiger partial charge < -0.3 is 43.3 Å². The van der Waals surface area contributed by atoms with E-state index >= 15 is 0 Å². The Morgan fingerprint density at radius 1 is 0.741 bits per heavy atom. The summed E-state index contributed by atoms with van der Waals surface area (Å²) in [7, 11) is -2.30. The second-order valence-corrected chi connectivity index (χ2v) is 32.1. The quantitative estimate of drug-likeness (QED) is 0.0768. The number of likely N-dealkylation sites (tertiary alicyclic amines) is 2. The molecule has 0 aromatic carbocycles. The van der Waals surface area contributed by atoms with Crippen LogP contribution >= 0.6 is 31.9 Å². The Morgan fingerprint density at radius 3 is 1.57 bits per heavy atom. The maximum absolute atomic E-state index is 12.4. The van der Waals surface area contributed by atoms with Gasteiger partial charge in [0.15, 0.2) is 0 Å². The fourth-order valence-electron chi connectivity index (χ4n) is 5.43. The Bertz CT molecular complexity index is 1690. The number of amides is 2. The number of aliphatic hydroxyl groups is 1. The first-order chi connectivity index (χ1) is 26.5. The van der Waals surface area contributed by atoms with Crippen LogP contribution in [0.3, 0.4) is 0 Å². The fraction of sp³-hybridized carbons (Fsp3) is 0.763. The summed E-state index contributed by atoms with van der Waals surface area (Å²) in [6.45, 7) is 29.3. The second kappa shape index (κ2) is 20.0. The standard InChI is InChI=1S/C21H36BrN3O6Si.C17H30BrN3O4Si/c1-8-29-18(26)12-30-21(13-24(14-21)19(27)31-20(2,3)4)16-11-17(22)25(23-16)15-28-9-10-32(5,6)7;1-16(2,3)25-15(22)20-10-17(23,11-20)13-9-14(18)21(19-13)12-24-7-8-26(4,5)6/h11H,8-10,12-15H2,1-7H3;9,23H,7-8,10-12H2,1-6H3. The van der Waals surface area contributed by atoms with Gasteiger partial charge >= 0.3 is 18.2 Å². The van der Waals surface area contributed by atoms with Gasteiger partial charge in [0.1, 0.15) is 51.7 Å². The first-order valence-electron chi connectivity index (χ1n) is 19.6. The summed E-state index contributed by atoms with van der Waals surface area (Å²) in [4.78, 5) is 39.4. The summed E-state index contributed by atoms with van der Waals surface area (Å²) >= 11 is 6.97. The van der Waals surface area contributed by atoms with Gasteiger partial charge in [0.05, 0.1) is 44.2 Å². The maximum atomic E-state index is 12.4. The average molecular weight is 983 g/mol. The van der Waals surface area contributed by atoms with E-state index in [1.54, 1.807) is 22.4 Å². The molecule has 2 aromatic heterocycles. The van der Waals surface area contributed by atoms with E-state index in [0.717, 1.165) is 21.3 Å². The number of rotatable bonds is 16. The first kappa shape index (κ1) is 50.0.